The summed E-state index contributed by atoms with van der Waals surface area (Å²) >= 11 is 0. The minimum Gasteiger partial charge on any atom is -0.398 e. The van der Waals surface area contributed by atoms with Crippen molar-refractivity contribution in [1.82, 2.24) is 19.5 Å². The van der Waals surface area contributed by atoms with E-state index < -0.39 is 31.8 Å². The van der Waals surface area contributed by atoms with E-state index in [4.69, 9.17) is 8.95 Å². The number of anilines is 1. The van der Waals surface area contributed by atoms with Gasteiger partial charge in [0, 0.05) is 35.8 Å². The number of benzene rings is 3. The summed E-state index contributed by atoms with van der Waals surface area (Å²) in [5, 5.41) is 8.24. The van der Waals surface area contributed by atoms with E-state index in [1.165, 1.54) is 24.5 Å². The summed E-state index contributed by atoms with van der Waals surface area (Å²) in [6, 6.07) is 27.2. The van der Waals surface area contributed by atoms with Crippen molar-refractivity contribution in [1.29, 1.82) is 0 Å². The molecule has 0 saturated heterocycles. The molecule has 3 aromatic carbocycles. The number of aryl methyl sites for hydroxylation is 1. The van der Waals surface area contributed by atoms with Crippen LogP contribution in [0.15, 0.2) is 113 Å². The molecular weight excluding hydrogens is 633 g/mol. The summed E-state index contributed by atoms with van der Waals surface area (Å²) in [7, 11) is -3.29. The van der Waals surface area contributed by atoms with Gasteiger partial charge in [-0.15, -0.1) is 0 Å². The van der Waals surface area contributed by atoms with Crippen LogP contribution in [0.2, 0.25) is 5.04 Å². The molecule has 3 heterocycles. The molecule has 1 unspecified atom stereocenters. The molecule has 0 aliphatic carbocycles. The number of carbonyl (C=O) groups excluding carboxylic acids is 1. The van der Waals surface area contributed by atoms with Crippen LogP contribution in [-0.4, -0.2) is 46.3 Å². The molecule has 6 aromatic rings. The number of H-pyrrole nitrogens is 1. The minimum absolute atomic E-state index is 0.00679. The van der Waals surface area contributed by atoms with Crippen LogP contribution in [0.5, 0.6) is 0 Å². The zero-order chi connectivity index (χ0) is 34.1. The van der Waals surface area contributed by atoms with Crippen molar-refractivity contribution in [3.8, 4) is 11.4 Å². The fourth-order valence-corrected chi connectivity index (χ4v) is 10.7. The van der Waals surface area contributed by atoms with Crippen molar-refractivity contribution in [2.45, 2.75) is 51.7 Å². The second-order valence-electron chi connectivity index (χ2n) is 12.6. The Morgan fingerprint density at radius 2 is 1.67 bits per heavy atom. The number of carbonyl (C=O) groups is 1. The van der Waals surface area contributed by atoms with Crippen molar-refractivity contribution in [3.05, 3.63) is 131 Å². The number of alkyl halides is 2. The average Bonchev–Trinajstić information content (AvgIpc) is 3.71. The minimum atomic E-state index is -3.29. The highest BCUT2D eigenvalue weighted by atomic mass is 28.4. The Morgan fingerprint density at radius 3 is 2.29 bits per heavy atom. The number of amides is 1. The zero-order valence-corrected chi connectivity index (χ0v) is 27.9. The maximum atomic E-state index is 14.9. The van der Waals surface area contributed by atoms with Crippen molar-refractivity contribution in [2.75, 3.05) is 5.32 Å². The SMILES string of the molecule is Cc1ccc(-c2noc(CC(O[Si](c3ccccc3)(c3ccccc3)C(C)(C)C)C(F)F)n2)cc1NC(=O)c1c[nH]c2cc(=O)ccn12. The summed E-state index contributed by atoms with van der Waals surface area (Å²) < 4.78 is 43.5. The number of fused-ring (bicyclic) bond motifs is 1. The molecule has 0 aliphatic rings. The molecule has 48 heavy (non-hydrogen) atoms. The molecule has 0 spiro atoms. The molecule has 9 nitrogen and oxygen atoms in total. The van der Waals surface area contributed by atoms with Gasteiger partial charge in [0.1, 0.15) is 17.4 Å². The van der Waals surface area contributed by atoms with Crippen LogP contribution >= 0.6 is 0 Å². The second-order valence-corrected chi connectivity index (χ2v) is 16.9. The van der Waals surface area contributed by atoms with Gasteiger partial charge in [-0.2, -0.15) is 4.98 Å². The lowest BCUT2D eigenvalue weighted by Crippen LogP contribution is -2.68. The quantitative estimate of drug-likeness (QED) is 0.174. The highest BCUT2D eigenvalue weighted by Crippen LogP contribution is 2.38. The highest BCUT2D eigenvalue weighted by Gasteiger charge is 2.52. The molecule has 0 saturated carbocycles. The Morgan fingerprint density at radius 1 is 1.00 bits per heavy atom. The largest absolute Gasteiger partial charge is 0.398 e. The van der Waals surface area contributed by atoms with Gasteiger partial charge in [-0.05, 0) is 34.0 Å². The summed E-state index contributed by atoms with van der Waals surface area (Å²) in [6.45, 7) is 7.92. The van der Waals surface area contributed by atoms with E-state index in [9.17, 15) is 18.4 Å². The zero-order valence-electron chi connectivity index (χ0n) is 26.9. The van der Waals surface area contributed by atoms with Gasteiger partial charge in [-0.25, -0.2) is 8.78 Å². The number of aromatic nitrogens is 4. The van der Waals surface area contributed by atoms with Crippen LogP contribution in [0, 0.1) is 6.92 Å². The van der Waals surface area contributed by atoms with Crippen molar-refractivity contribution >= 4 is 35.9 Å². The Balaban J connectivity index is 1.27. The number of nitrogens with one attached hydrogen (secondary N) is 2. The molecule has 0 radical (unpaired) electrons. The highest BCUT2D eigenvalue weighted by molar-refractivity contribution is 6.99. The smallest absolute Gasteiger partial charge is 0.274 e. The van der Waals surface area contributed by atoms with Crippen LogP contribution in [-0.2, 0) is 10.8 Å². The van der Waals surface area contributed by atoms with Crippen LogP contribution in [0.25, 0.3) is 17.0 Å². The number of hydrogen-bond acceptors (Lipinski definition) is 6. The Hall–Kier alpha value is -5.20. The molecule has 1 atom stereocenters. The van der Waals surface area contributed by atoms with E-state index in [-0.39, 0.29) is 23.6 Å². The third-order valence-corrected chi connectivity index (χ3v) is 13.5. The predicted molar refractivity (Wildman–Crippen MR) is 183 cm³/mol. The third-order valence-electron chi connectivity index (χ3n) is 8.39. The summed E-state index contributed by atoms with van der Waals surface area (Å²) in [5.41, 5.74) is 2.41. The van der Waals surface area contributed by atoms with Crippen LogP contribution in [0.1, 0.15) is 42.7 Å². The number of hydrogen-bond donors (Lipinski definition) is 2. The Bertz CT molecular complexity index is 2070. The van der Waals surface area contributed by atoms with Crippen molar-refractivity contribution in [3.63, 3.8) is 0 Å². The molecule has 6 rings (SSSR count). The number of pyridine rings is 1. The standard InChI is InChI=1S/C36H35F2N5O4Si/c1-23-15-16-24(19-28(23)40-35(45)29-22-39-31-20-25(44)17-18-43(29)31)34-41-32(46-42-34)21-30(33(37)38)47-48(36(2,3)4,26-11-7-5-8-12-26)27-13-9-6-10-14-27/h5-20,22,30,33,39H,21H2,1-4H3,(H,40,45). The van der Waals surface area contributed by atoms with Gasteiger partial charge in [-0.3, -0.25) is 14.0 Å². The first kappa shape index (κ1) is 32.7. The van der Waals surface area contributed by atoms with Crippen LogP contribution in [0.3, 0.4) is 0 Å². The lowest BCUT2D eigenvalue weighted by molar-refractivity contribution is 0.00243. The molecule has 246 valence electrons. The van der Waals surface area contributed by atoms with Gasteiger partial charge >= 0.3 is 0 Å². The average molecular weight is 668 g/mol. The Labute approximate surface area is 276 Å². The summed E-state index contributed by atoms with van der Waals surface area (Å²) in [5.74, 6) is -0.213. The monoisotopic (exact) mass is 667 g/mol. The first-order valence-corrected chi connectivity index (χ1v) is 17.4. The van der Waals surface area contributed by atoms with Crippen molar-refractivity contribution < 1.29 is 22.5 Å². The lowest BCUT2D eigenvalue weighted by Gasteiger charge is -2.44. The Kier molecular flexibility index (Phi) is 8.95. The molecule has 3 aromatic heterocycles. The van der Waals surface area contributed by atoms with Gasteiger partial charge in [0.2, 0.25) is 11.7 Å². The fourth-order valence-electron chi connectivity index (χ4n) is 6.00. The predicted octanol–water partition coefficient (Wildman–Crippen LogP) is 5.99. The van der Waals surface area contributed by atoms with Gasteiger partial charge in [0.15, 0.2) is 5.43 Å². The normalized spacial score (nSPS) is 12.8. The molecular formula is C36H35F2N5O4Si. The molecule has 12 heteroatoms. The van der Waals surface area contributed by atoms with Gasteiger partial charge in [0.05, 0.1) is 6.42 Å². The van der Waals surface area contributed by atoms with Gasteiger partial charge in [0.25, 0.3) is 20.7 Å². The maximum absolute atomic E-state index is 14.9. The van der Waals surface area contributed by atoms with Crippen LogP contribution < -0.4 is 21.1 Å². The first-order chi connectivity index (χ1) is 23.0. The molecule has 0 aliphatic heterocycles. The topological polar surface area (TPSA) is 115 Å². The van der Waals surface area contributed by atoms with Gasteiger partial charge in [-0.1, -0.05) is 98.7 Å². The van der Waals surface area contributed by atoms with E-state index in [0.29, 0.717) is 22.6 Å². The number of halogens is 2. The number of imidazole rings is 1. The molecule has 0 bridgehead atoms. The first-order valence-electron chi connectivity index (χ1n) is 15.5. The molecule has 1 amide bonds. The van der Waals surface area contributed by atoms with E-state index in [1.54, 1.807) is 22.6 Å². The van der Waals surface area contributed by atoms with Crippen molar-refractivity contribution in [2.24, 2.45) is 0 Å². The van der Waals surface area contributed by atoms with E-state index in [0.717, 1.165) is 15.9 Å². The third kappa shape index (κ3) is 6.36. The molecule has 0 fully saturated rings. The maximum Gasteiger partial charge on any atom is 0.274 e. The van der Waals surface area contributed by atoms with Gasteiger partial charge < -0.3 is 19.2 Å². The summed E-state index contributed by atoms with van der Waals surface area (Å²) in [6.07, 6.45) is -1.61. The number of rotatable bonds is 10. The number of nitrogens with zero attached hydrogens (tertiary/aromatic N) is 3. The number of aromatic amines is 1. The summed E-state index contributed by atoms with van der Waals surface area (Å²) in [4.78, 5) is 32.3. The van der Waals surface area contributed by atoms with Crippen LogP contribution in [0.4, 0.5) is 14.5 Å². The van der Waals surface area contributed by atoms with E-state index >= 15 is 0 Å². The fraction of sp³-hybridized carbons (Fsp3) is 0.222. The second kappa shape index (κ2) is 13.1. The van der Waals surface area contributed by atoms with E-state index in [1.807, 2.05) is 88.4 Å². The lowest BCUT2D eigenvalue weighted by atomic mass is 10.1. The van der Waals surface area contributed by atoms with E-state index in [2.05, 4.69) is 20.4 Å². The molecule has 2 N–H and O–H groups in total.